The van der Waals surface area contributed by atoms with Gasteiger partial charge in [0.25, 0.3) is 6.43 Å². The quantitative estimate of drug-likeness (QED) is 0.845. The molecule has 1 aliphatic rings. The summed E-state index contributed by atoms with van der Waals surface area (Å²) in [6.07, 6.45) is 1.93. The largest absolute Gasteiger partial charge is 0.354 e. The molecule has 1 N–H and O–H groups in total. The van der Waals surface area contributed by atoms with Gasteiger partial charge in [-0.1, -0.05) is 0 Å². The number of hydrogen-bond acceptors (Lipinski definition) is 3. The van der Waals surface area contributed by atoms with Gasteiger partial charge in [-0.3, -0.25) is 0 Å². The third-order valence-corrected chi connectivity index (χ3v) is 3.05. The van der Waals surface area contributed by atoms with Crippen LogP contribution in [0.1, 0.15) is 24.0 Å². The van der Waals surface area contributed by atoms with Gasteiger partial charge in [-0.2, -0.15) is 0 Å². The first kappa shape index (κ1) is 13.2. The van der Waals surface area contributed by atoms with Gasteiger partial charge in [0, 0.05) is 25.8 Å². The zero-order valence-electron chi connectivity index (χ0n) is 10.8. The summed E-state index contributed by atoms with van der Waals surface area (Å²) in [7, 11) is 1.64. The van der Waals surface area contributed by atoms with Crippen molar-refractivity contribution in [3.05, 3.63) is 23.4 Å². The lowest BCUT2D eigenvalue weighted by atomic mass is 10.2. The van der Waals surface area contributed by atoms with Crippen LogP contribution in [0.15, 0.2) is 12.3 Å². The highest BCUT2D eigenvalue weighted by Crippen LogP contribution is 2.21. The smallest absolute Gasteiger partial charge is 0.255 e. The van der Waals surface area contributed by atoms with Gasteiger partial charge in [0.15, 0.2) is 0 Å². The average Bonchev–Trinajstić information content (AvgIpc) is 3.09. The van der Waals surface area contributed by atoms with Crippen LogP contribution >= 0.6 is 0 Å². The molecule has 1 aliphatic carbocycles. The van der Waals surface area contributed by atoms with Gasteiger partial charge >= 0.3 is 0 Å². The van der Waals surface area contributed by atoms with E-state index in [1.54, 1.807) is 13.2 Å². The lowest BCUT2D eigenvalue weighted by Crippen LogP contribution is -2.26. The Kier molecular flexibility index (Phi) is 4.11. The molecule has 18 heavy (non-hydrogen) atoms. The number of alkyl halides is 2. The number of hydrogen-bond donors (Lipinski definition) is 1. The van der Waals surface area contributed by atoms with E-state index in [4.69, 9.17) is 0 Å². The standard InChI is InChI=1S/C13H19F2N3/c1-9-5-10(6-16-11-3-4-11)7-17-13(9)18(2)8-12(14)15/h5,7,11-12,16H,3-4,6,8H2,1-2H3. The van der Waals surface area contributed by atoms with Gasteiger partial charge in [0.1, 0.15) is 5.82 Å². The maximum Gasteiger partial charge on any atom is 0.255 e. The van der Waals surface area contributed by atoms with Crippen molar-refractivity contribution >= 4 is 5.82 Å². The molecule has 5 heteroatoms. The van der Waals surface area contributed by atoms with Crippen molar-refractivity contribution in [2.24, 2.45) is 0 Å². The average molecular weight is 255 g/mol. The van der Waals surface area contributed by atoms with Gasteiger partial charge in [-0.15, -0.1) is 0 Å². The molecule has 1 fully saturated rings. The van der Waals surface area contributed by atoms with Crippen LogP contribution in [-0.4, -0.2) is 31.0 Å². The third kappa shape index (κ3) is 3.63. The second-order valence-electron chi connectivity index (χ2n) is 4.91. The minimum Gasteiger partial charge on any atom is -0.354 e. The lowest BCUT2D eigenvalue weighted by molar-refractivity contribution is 0.156. The summed E-state index contributed by atoms with van der Waals surface area (Å²) in [5.74, 6) is 0.630. The molecular formula is C13H19F2N3. The van der Waals surface area contributed by atoms with E-state index in [1.165, 1.54) is 17.7 Å². The number of rotatable bonds is 6. The van der Waals surface area contributed by atoms with Crippen LogP contribution in [0, 0.1) is 6.92 Å². The summed E-state index contributed by atoms with van der Waals surface area (Å²) < 4.78 is 24.6. The molecule has 1 heterocycles. The zero-order valence-corrected chi connectivity index (χ0v) is 10.8. The molecule has 0 amide bonds. The molecule has 0 spiro atoms. The van der Waals surface area contributed by atoms with E-state index < -0.39 is 6.43 Å². The second kappa shape index (κ2) is 5.61. The van der Waals surface area contributed by atoms with Crippen LogP contribution in [0.3, 0.4) is 0 Å². The normalized spacial score (nSPS) is 15.2. The maximum atomic E-state index is 12.3. The second-order valence-corrected chi connectivity index (χ2v) is 4.91. The number of aryl methyl sites for hydroxylation is 1. The molecule has 3 nitrogen and oxygen atoms in total. The molecule has 0 atom stereocenters. The van der Waals surface area contributed by atoms with Gasteiger partial charge < -0.3 is 10.2 Å². The number of anilines is 1. The summed E-state index contributed by atoms with van der Waals surface area (Å²) >= 11 is 0. The molecule has 0 radical (unpaired) electrons. The number of aromatic nitrogens is 1. The third-order valence-electron chi connectivity index (χ3n) is 3.05. The highest BCUT2D eigenvalue weighted by Gasteiger charge is 2.20. The molecule has 1 aromatic heterocycles. The number of halogens is 2. The van der Waals surface area contributed by atoms with Crippen LogP contribution in [0.4, 0.5) is 14.6 Å². The zero-order chi connectivity index (χ0) is 13.1. The summed E-state index contributed by atoms with van der Waals surface area (Å²) in [5, 5.41) is 3.41. The van der Waals surface area contributed by atoms with Crippen LogP contribution in [0.2, 0.25) is 0 Å². The van der Waals surface area contributed by atoms with E-state index in [-0.39, 0.29) is 6.54 Å². The van der Waals surface area contributed by atoms with Crippen molar-refractivity contribution in [2.45, 2.75) is 38.8 Å². The molecule has 2 rings (SSSR count). The van der Waals surface area contributed by atoms with Gasteiger partial charge in [-0.25, -0.2) is 13.8 Å². The van der Waals surface area contributed by atoms with E-state index in [0.717, 1.165) is 17.7 Å². The molecule has 1 saturated carbocycles. The van der Waals surface area contributed by atoms with Gasteiger partial charge in [0.2, 0.25) is 0 Å². The molecule has 0 unspecified atom stereocenters. The number of pyridine rings is 1. The first-order valence-electron chi connectivity index (χ1n) is 6.24. The fraction of sp³-hybridized carbons (Fsp3) is 0.615. The molecular weight excluding hydrogens is 236 g/mol. The van der Waals surface area contributed by atoms with Gasteiger partial charge in [-0.05, 0) is 37.0 Å². The van der Waals surface area contributed by atoms with Crippen LogP contribution in [0.5, 0.6) is 0 Å². The van der Waals surface area contributed by atoms with E-state index in [1.807, 2.05) is 13.0 Å². The highest BCUT2D eigenvalue weighted by molar-refractivity contribution is 5.46. The molecule has 1 aromatic rings. The van der Waals surface area contributed by atoms with E-state index in [2.05, 4.69) is 10.3 Å². The Morgan fingerprint density at radius 2 is 2.22 bits per heavy atom. The predicted octanol–water partition coefficient (Wildman–Crippen LogP) is 2.34. The van der Waals surface area contributed by atoms with Crippen molar-refractivity contribution in [3.63, 3.8) is 0 Å². The summed E-state index contributed by atoms with van der Waals surface area (Å²) in [6.45, 7) is 2.43. The van der Waals surface area contributed by atoms with E-state index in [0.29, 0.717) is 11.9 Å². The van der Waals surface area contributed by atoms with Crippen molar-refractivity contribution in [1.82, 2.24) is 10.3 Å². The molecule has 0 bridgehead atoms. The van der Waals surface area contributed by atoms with Crippen LogP contribution < -0.4 is 10.2 Å². The molecule has 0 saturated heterocycles. The Morgan fingerprint density at radius 1 is 1.50 bits per heavy atom. The van der Waals surface area contributed by atoms with Crippen molar-refractivity contribution in [3.8, 4) is 0 Å². The Morgan fingerprint density at radius 3 is 2.78 bits per heavy atom. The fourth-order valence-electron chi connectivity index (χ4n) is 1.97. The Balaban J connectivity index is 1.99. The SMILES string of the molecule is Cc1cc(CNC2CC2)cnc1N(C)CC(F)F. The molecule has 0 aliphatic heterocycles. The minimum atomic E-state index is -2.34. The number of nitrogens with one attached hydrogen (secondary N) is 1. The van der Waals surface area contributed by atoms with Gasteiger partial charge in [0.05, 0.1) is 6.54 Å². The molecule has 0 aromatic carbocycles. The Labute approximate surface area is 106 Å². The number of nitrogens with zero attached hydrogens (tertiary/aromatic N) is 2. The summed E-state index contributed by atoms with van der Waals surface area (Å²) in [6, 6.07) is 2.67. The van der Waals surface area contributed by atoms with Crippen molar-refractivity contribution < 1.29 is 8.78 Å². The Hall–Kier alpha value is -1.23. The van der Waals surface area contributed by atoms with Crippen molar-refractivity contribution in [2.75, 3.05) is 18.5 Å². The first-order chi connectivity index (χ1) is 8.56. The van der Waals surface area contributed by atoms with E-state index in [9.17, 15) is 8.78 Å². The lowest BCUT2D eigenvalue weighted by Gasteiger charge is -2.20. The predicted molar refractivity (Wildman–Crippen MR) is 68.1 cm³/mol. The molecule has 100 valence electrons. The highest BCUT2D eigenvalue weighted by atomic mass is 19.3. The van der Waals surface area contributed by atoms with Crippen LogP contribution in [-0.2, 0) is 6.54 Å². The maximum absolute atomic E-state index is 12.3. The monoisotopic (exact) mass is 255 g/mol. The summed E-state index contributed by atoms with van der Waals surface area (Å²) in [4.78, 5) is 5.78. The van der Waals surface area contributed by atoms with E-state index >= 15 is 0 Å². The Bertz CT molecular complexity index is 405. The summed E-state index contributed by atoms with van der Waals surface area (Å²) in [5.41, 5.74) is 2.04. The topological polar surface area (TPSA) is 28.2 Å². The minimum absolute atomic E-state index is 0.284. The fourth-order valence-corrected chi connectivity index (χ4v) is 1.97. The first-order valence-corrected chi connectivity index (χ1v) is 6.24. The van der Waals surface area contributed by atoms with Crippen molar-refractivity contribution in [1.29, 1.82) is 0 Å². The van der Waals surface area contributed by atoms with Crippen LogP contribution in [0.25, 0.3) is 0 Å².